The molecular weight excluding hydrogens is 536 g/mol. The Hall–Kier alpha value is -3.59. The molecule has 9 heteroatoms. The van der Waals surface area contributed by atoms with Crippen molar-refractivity contribution in [2.75, 3.05) is 7.11 Å². The zero-order valence-corrected chi connectivity index (χ0v) is 22.9. The highest BCUT2D eigenvalue weighted by atomic mass is 35.5. The van der Waals surface area contributed by atoms with E-state index in [2.05, 4.69) is 5.32 Å². The molecule has 0 aromatic heterocycles. The van der Waals surface area contributed by atoms with Crippen LogP contribution in [0.25, 0.3) is 0 Å². The average Bonchev–Trinajstić information content (AvgIpc) is 2.96. The Kier molecular flexibility index (Phi) is 8.07. The van der Waals surface area contributed by atoms with Crippen LogP contribution in [0.2, 0.25) is 5.02 Å². The Bertz CT molecular complexity index is 1360. The highest BCUT2D eigenvalue weighted by Gasteiger charge is 2.56. The van der Waals surface area contributed by atoms with Crippen molar-refractivity contribution in [3.05, 3.63) is 118 Å². The van der Waals surface area contributed by atoms with Gasteiger partial charge in [0.15, 0.2) is 6.10 Å². The van der Waals surface area contributed by atoms with Crippen molar-refractivity contribution in [3.63, 3.8) is 0 Å². The van der Waals surface area contributed by atoms with Crippen LogP contribution in [0.5, 0.6) is 0 Å². The maximum atomic E-state index is 13.7. The van der Waals surface area contributed by atoms with Crippen LogP contribution in [0.4, 0.5) is 0 Å². The van der Waals surface area contributed by atoms with E-state index >= 15 is 0 Å². The van der Waals surface area contributed by atoms with Crippen LogP contribution in [0.1, 0.15) is 29.7 Å². The van der Waals surface area contributed by atoms with Gasteiger partial charge in [-0.25, -0.2) is 4.79 Å². The van der Waals surface area contributed by atoms with Gasteiger partial charge in [0, 0.05) is 12.1 Å². The van der Waals surface area contributed by atoms with Gasteiger partial charge in [0.1, 0.15) is 22.5 Å². The zero-order chi connectivity index (χ0) is 27.5. The van der Waals surface area contributed by atoms with E-state index in [0.29, 0.717) is 10.6 Å². The normalized spacial score (nSPS) is 20.4. The second-order valence-electron chi connectivity index (χ2n) is 9.29. The fourth-order valence-electron chi connectivity index (χ4n) is 4.76. The van der Waals surface area contributed by atoms with Gasteiger partial charge in [-0.1, -0.05) is 96.2 Å². The number of amides is 2. The Labute approximate surface area is 236 Å². The molecule has 2 aliphatic heterocycles. The summed E-state index contributed by atoms with van der Waals surface area (Å²) in [6.45, 7) is 1.76. The number of benzene rings is 3. The predicted octanol–water partition coefficient (Wildman–Crippen LogP) is 4.86. The van der Waals surface area contributed by atoms with Crippen molar-refractivity contribution in [2.24, 2.45) is 0 Å². The van der Waals surface area contributed by atoms with Gasteiger partial charge in [-0.3, -0.25) is 14.5 Å². The molecule has 0 spiro atoms. The van der Waals surface area contributed by atoms with Gasteiger partial charge >= 0.3 is 5.97 Å². The number of ether oxygens (including phenoxy) is 2. The number of hydrogen-bond acceptors (Lipinski definition) is 6. The quantitative estimate of drug-likeness (QED) is 0.312. The number of fused-ring (bicyclic) bond motifs is 1. The second-order valence-corrected chi connectivity index (χ2v) is 10.9. The fourth-order valence-corrected chi connectivity index (χ4v) is 6.23. The summed E-state index contributed by atoms with van der Waals surface area (Å²) >= 11 is 7.30. The van der Waals surface area contributed by atoms with Crippen LogP contribution < -0.4 is 5.32 Å². The molecule has 0 bridgehead atoms. The maximum Gasteiger partial charge on any atom is 0.356 e. The van der Waals surface area contributed by atoms with Crippen molar-refractivity contribution < 1.29 is 23.9 Å². The van der Waals surface area contributed by atoms with E-state index in [1.165, 1.54) is 16.7 Å². The lowest BCUT2D eigenvalue weighted by Crippen LogP contribution is -2.71. The molecule has 1 saturated heterocycles. The number of carbonyl (C=O) groups excluding carboxylic acids is 3. The highest BCUT2D eigenvalue weighted by molar-refractivity contribution is 8.00. The van der Waals surface area contributed by atoms with Crippen LogP contribution in [-0.2, 0) is 30.3 Å². The number of thioether (sulfide) groups is 1. The number of halogens is 1. The van der Waals surface area contributed by atoms with Crippen LogP contribution in [-0.4, -0.2) is 46.6 Å². The smallest absolute Gasteiger partial charge is 0.356 e. The van der Waals surface area contributed by atoms with E-state index in [0.717, 1.165) is 16.7 Å². The molecular formula is C30H27ClN2O5S. The molecule has 0 saturated carbocycles. The molecule has 39 heavy (non-hydrogen) atoms. The summed E-state index contributed by atoms with van der Waals surface area (Å²) in [5.74, 6) is -1.29. The summed E-state index contributed by atoms with van der Waals surface area (Å²) in [6, 6.07) is 25.1. The molecule has 0 radical (unpaired) electrons. The summed E-state index contributed by atoms with van der Waals surface area (Å²) in [6.07, 6.45) is -0.563. The summed E-state index contributed by atoms with van der Waals surface area (Å²) in [5, 5.41) is 2.90. The summed E-state index contributed by atoms with van der Waals surface area (Å²) in [4.78, 5) is 41.2. The molecule has 2 amide bonds. The van der Waals surface area contributed by atoms with Gasteiger partial charge in [-0.15, -0.1) is 0 Å². The minimum absolute atomic E-state index is 0.103. The third-order valence-corrected chi connectivity index (χ3v) is 8.51. The summed E-state index contributed by atoms with van der Waals surface area (Å²) in [7, 11) is 1.55. The van der Waals surface area contributed by atoms with Crippen molar-refractivity contribution in [1.82, 2.24) is 10.2 Å². The highest BCUT2D eigenvalue weighted by Crippen LogP contribution is 2.45. The molecule has 2 heterocycles. The standard InChI is InChI=1S/C30H27ClN2O5S/c1-18-25(29(36)38-26(20-9-5-3-6-10-20)21-11-7-4-8-12-21)33-27(35)24(28(33)39-30(18)37-2)32-23(34)17-19-13-15-22(31)16-14-19/h3-16,24,26,28,30H,17H2,1-2H3,(H,32,34)/t24-,28-,30-/m0/s1. The Morgan fingerprint density at radius 2 is 1.56 bits per heavy atom. The number of esters is 1. The number of nitrogens with one attached hydrogen (secondary N) is 1. The van der Waals surface area contributed by atoms with Crippen molar-refractivity contribution in [2.45, 2.75) is 36.3 Å². The number of hydrogen-bond donors (Lipinski definition) is 1. The largest absolute Gasteiger partial charge is 0.448 e. The van der Waals surface area contributed by atoms with Gasteiger partial charge in [0.25, 0.3) is 5.91 Å². The topological polar surface area (TPSA) is 84.9 Å². The van der Waals surface area contributed by atoms with E-state index in [9.17, 15) is 14.4 Å². The van der Waals surface area contributed by atoms with E-state index in [4.69, 9.17) is 21.1 Å². The zero-order valence-electron chi connectivity index (χ0n) is 21.4. The van der Waals surface area contributed by atoms with Crippen LogP contribution in [0.15, 0.2) is 96.2 Å². The maximum absolute atomic E-state index is 13.7. The summed E-state index contributed by atoms with van der Waals surface area (Å²) in [5.41, 5.74) is 2.65. The lowest BCUT2D eigenvalue weighted by atomic mass is 10.0. The monoisotopic (exact) mass is 562 g/mol. The number of β-lactam (4-membered cyclic amide) rings is 1. The van der Waals surface area contributed by atoms with E-state index in [-0.39, 0.29) is 23.9 Å². The lowest BCUT2D eigenvalue weighted by Gasteiger charge is -2.51. The third-order valence-electron chi connectivity index (χ3n) is 6.71. The molecule has 5 rings (SSSR count). The fraction of sp³-hybridized carbons (Fsp3) is 0.233. The van der Waals surface area contributed by atoms with E-state index < -0.39 is 28.9 Å². The first-order chi connectivity index (χ1) is 18.9. The lowest BCUT2D eigenvalue weighted by molar-refractivity contribution is -0.155. The average molecular weight is 563 g/mol. The Morgan fingerprint density at radius 1 is 0.974 bits per heavy atom. The number of methoxy groups -OCH3 is 1. The van der Waals surface area contributed by atoms with Gasteiger partial charge in [-0.05, 0) is 41.3 Å². The molecule has 0 aliphatic carbocycles. The van der Waals surface area contributed by atoms with E-state index in [1.54, 1.807) is 38.3 Å². The first-order valence-corrected chi connectivity index (χ1v) is 13.8. The molecule has 3 atom stereocenters. The Morgan fingerprint density at radius 3 is 2.13 bits per heavy atom. The minimum Gasteiger partial charge on any atom is -0.448 e. The molecule has 3 aromatic carbocycles. The Balaban J connectivity index is 1.36. The van der Waals surface area contributed by atoms with Crippen molar-refractivity contribution in [1.29, 1.82) is 0 Å². The molecule has 3 aromatic rings. The van der Waals surface area contributed by atoms with E-state index in [1.807, 2.05) is 60.7 Å². The molecule has 2 aliphatic rings. The predicted molar refractivity (Wildman–Crippen MR) is 150 cm³/mol. The van der Waals surface area contributed by atoms with Gasteiger partial charge in [-0.2, -0.15) is 0 Å². The van der Waals surface area contributed by atoms with Crippen LogP contribution >= 0.6 is 23.4 Å². The summed E-state index contributed by atoms with van der Waals surface area (Å²) < 4.78 is 11.7. The van der Waals surface area contributed by atoms with Crippen LogP contribution in [0.3, 0.4) is 0 Å². The first kappa shape index (κ1) is 27.0. The van der Waals surface area contributed by atoms with Gasteiger partial charge < -0.3 is 14.8 Å². The van der Waals surface area contributed by atoms with Gasteiger partial charge in [0.05, 0.1) is 6.42 Å². The molecule has 1 fully saturated rings. The second kappa shape index (κ2) is 11.7. The molecule has 1 N–H and O–H groups in total. The first-order valence-electron chi connectivity index (χ1n) is 12.4. The number of carbonyl (C=O) groups is 3. The minimum atomic E-state index is -0.789. The molecule has 7 nitrogen and oxygen atoms in total. The molecule has 200 valence electrons. The SMILES string of the molecule is CO[C@H]1S[C@H]2[C@@H](NC(=O)Cc3ccc(Cl)cc3)C(=O)N2C(C(=O)OC(c2ccccc2)c2ccccc2)=C1C. The number of nitrogens with zero attached hydrogens (tertiary/aromatic N) is 1. The number of rotatable bonds is 8. The van der Waals surface area contributed by atoms with Crippen LogP contribution in [0, 0.1) is 0 Å². The van der Waals surface area contributed by atoms with Crippen molar-refractivity contribution >= 4 is 41.1 Å². The van der Waals surface area contributed by atoms with Crippen molar-refractivity contribution in [3.8, 4) is 0 Å². The van der Waals surface area contributed by atoms with Gasteiger partial charge in [0.2, 0.25) is 5.91 Å². The molecule has 0 unspecified atom stereocenters. The third kappa shape index (κ3) is 5.59.